The SMILES string of the molecule is CCN(CC(C)=O)C(N)=O. The molecule has 0 aromatic heterocycles. The normalized spacial score (nSPS) is 9.00. The molecule has 2 amide bonds. The number of hydrogen-bond donors (Lipinski definition) is 1. The van der Waals surface area contributed by atoms with Crippen molar-refractivity contribution in [3.63, 3.8) is 0 Å². The highest BCUT2D eigenvalue weighted by atomic mass is 16.2. The Morgan fingerprint density at radius 3 is 2.10 bits per heavy atom. The van der Waals surface area contributed by atoms with E-state index in [-0.39, 0.29) is 12.3 Å². The molecule has 0 unspecified atom stereocenters. The first-order valence-electron chi connectivity index (χ1n) is 3.11. The maximum atomic E-state index is 10.5. The fourth-order valence-electron chi connectivity index (χ4n) is 0.614. The molecule has 4 nitrogen and oxygen atoms in total. The first-order chi connectivity index (χ1) is 4.57. The van der Waals surface area contributed by atoms with Crippen molar-refractivity contribution in [1.82, 2.24) is 4.90 Å². The predicted molar refractivity (Wildman–Crippen MR) is 37.5 cm³/mol. The van der Waals surface area contributed by atoms with Crippen molar-refractivity contribution in [3.05, 3.63) is 0 Å². The number of Topliss-reactive ketones (excluding diaryl/α,β-unsaturated/α-hetero) is 1. The Morgan fingerprint density at radius 2 is 2.00 bits per heavy atom. The molecule has 0 saturated carbocycles. The zero-order chi connectivity index (χ0) is 8.15. The topological polar surface area (TPSA) is 63.4 Å². The summed E-state index contributed by atoms with van der Waals surface area (Å²) in [7, 11) is 0. The average Bonchev–Trinajstić information content (AvgIpc) is 1.81. The fraction of sp³-hybridized carbons (Fsp3) is 0.667. The number of amides is 2. The average molecular weight is 144 g/mol. The highest BCUT2D eigenvalue weighted by Gasteiger charge is 2.07. The number of carbonyl (C=O) groups is 2. The number of urea groups is 1. The number of likely N-dealkylation sites (N-methyl/N-ethyl adjacent to an activating group) is 1. The van der Waals surface area contributed by atoms with E-state index >= 15 is 0 Å². The van der Waals surface area contributed by atoms with Gasteiger partial charge in [0.05, 0.1) is 6.54 Å². The summed E-state index contributed by atoms with van der Waals surface area (Å²) in [4.78, 5) is 22.2. The summed E-state index contributed by atoms with van der Waals surface area (Å²) in [5.41, 5.74) is 4.93. The summed E-state index contributed by atoms with van der Waals surface area (Å²) in [5, 5.41) is 0. The molecular formula is C6H12N2O2. The Kier molecular flexibility index (Phi) is 3.46. The van der Waals surface area contributed by atoms with Crippen molar-refractivity contribution < 1.29 is 9.59 Å². The second-order valence-electron chi connectivity index (χ2n) is 2.05. The van der Waals surface area contributed by atoms with Gasteiger partial charge in [0, 0.05) is 6.54 Å². The summed E-state index contributed by atoms with van der Waals surface area (Å²) < 4.78 is 0. The highest BCUT2D eigenvalue weighted by molar-refractivity contribution is 5.83. The van der Waals surface area contributed by atoms with Gasteiger partial charge in [-0.05, 0) is 13.8 Å². The molecule has 0 atom stereocenters. The van der Waals surface area contributed by atoms with Crippen molar-refractivity contribution in [2.75, 3.05) is 13.1 Å². The first kappa shape index (κ1) is 8.94. The van der Waals surface area contributed by atoms with Crippen molar-refractivity contribution in [2.24, 2.45) is 5.73 Å². The molecular weight excluding hydrogens is 132 g/mol. The van der Waals surface area contributed by atoms with Gasteiger partial charge in [0.1, 0.15) is 5.78 Å². The molecule has 0 rings (SSSR count). The van der Waals surface area contributed by atoms with Crippen LogP contribution in [-0.2, 0) is 4.79 Å². The fourth-order valence-corrected chi connectivity index (χ4v) is 0.614. The third-order valence-corrected chi connectivity index (χ3v) is 1.11. The first-order valence-corrected chi connectivity index (χ1v) is 3.11. The van der Waals surface area contributed by atoms with Gasteiger partial charge in [-0.1, -0.05) is 0 Å². The van der Waals surface area contributed by atoms with Gasteiger partial charge < -0.3 is 10.6 Å². The van der Waals surface area contributed by atoms with Crippen LogP contribution in [0.5, 0.6) is 0 Å². The predicted octanol–water partition coefficient (Wildman–Crippen LogP) is -0.0240. The summed E-state index contributed by atoms with van der Waals surface area (Å²) >= 11 is 0. The molecule has 10 heavy (non-hydrogen) atoms. The Balaban J connectivity index is 3.83. The van der Waals surface area contributed by atoms with E-state index in [0.717, 1.165) is 0 Å². The van der Waals surface area contributed by atoms with E-state index < -0.39 is 6.03 Å². The molecule has 0 spiro atoms. The van der Waals surface area contributed by atoms with Gasteiger partial charge >= 0.3 is 6.03 Å². The lowest BCUT2D eigenvalue weighted by Gasteiger charge is -2.15. The number of carbonyl (C=O) groups excluding carboxylic acids is 2. The molecule has 0 heterocycles. The molecule has 0 aliphatic heterocycles. The van der Waals surface area contributed by atoms with E-state index in [1.807, 2.05) is 0 Å². The van der Waals surface area contributed by atoms with E-state index in [9.17, 15) is 9.59 Å². The second kappa shape index (κ2) is 3.87. The van der Waals surface area contributed by atoms with Gasteiger partial charge in [-0.25, -0.2) is 4.79 Å². The van der Waals surface area contributed by atoms with Crippen molar-refractivity contribution in [2.45, 2.75) is 13.8 Å². The molecule has 0 aromatic carbocycles. The van der Waals surface area contributed by atoms with Gasteiger partial charge in [0.25, 0.3) is 0 Å². The van der Waals surface area contributed by atoms with Crippen LogP contribution in [0.25, 0.3) is 0 Å². The van der Waals surface area contributed by atoms with Crippen molar-refractivity contribution >= 4 is 11.8 Å². The van der Waals surface area contributed by atoms with E-state index in [2.05, 4.69) is 0 Å². The van der Waals surface area contributed by atoms with Crippen molar-refractivity contribution in [1.29, 1.82) is 0 Å². The molecule has 0 aromatic rings. The van der Waals surface area contributed by atoms with Crippen molar-refractivity contribution in [3.8, 4) is 0 Å². The molecule has 2 N–H and O–H groups in total. The maximum Gasteiger partial charge on any atom is 0.315 e. The maximum absolute atomic E-state index is 10.5. The summed E-state index contributed by atoms with van der Waals surface area (Å²) in [6.45, 7) is 3.79. The van der Waals surface area contributed by atoms with Crippen LogP contribution in [0.2, 0.25) is 0 Å². The molecule has 4 heteroatoms. The van der Waals surface area contributed by atoms with Crippen LogP contribution in [0, 0.1) is 0 Å². The number of nitrogens with two attached hydrogens (primary N) is 1. The van der Waals surface area contributed by atoms with E-state index in [1.54, 1.807) is 6.92 Å². The second-order valence-corrected chi connectivity index (χ2v) is 2.05. The van der Waals surface area contributed by atoms with Crippen LogP contribution in [-0.4, -0.2) is 29.8 Å². The molecule has 0 saturated heterocycles. The Bertz CT molecular complexity index is 145. The molecule has 0 aliphatic carbocycles. The van der Waals surface area contributed by atoms with Crippen LogP contribution in [0.15, 0.2) is 0 Å². The van der Waals surface area contributed by atoms with Crippen LogP contribution in [0.3, 0.4) is 0 Å². The molecule has 0 fully saturated rings. The molecule has 0 radical (unpaired) electrons. The zero-order valence-electron chi connectivity index (χ0n) is 6.26. The van der Waals surface area contributed by atoms with Gasteiger partial charge in [-0.2, -0.15) is 0 Å². The highest BCUT2D eigenvalue weighted by Crippen LogP contribution is 1.86. The minimum absolute atomic E-state index is 0.0550. The minimum Gasteiger partial charge on any atom is -0.351 e. The third-order valence-electron chi connectivity index (χ3n) is 1.11. The number of primary amides is 1. The molecule has 0 aliphatic rings. The van der Waals surface area contributed by atoms with Gasteiger partial charge in [0.2, 0.25) is 0 Å². The summed E-state index contributed by atoms with van der Waals surface area (Å²) in [6.07, 6.45) is 0. The molecule has 0 bridgehead atoms. The summed E-state index contributed by atoms with van der Waals surface area (Å²) in [5.74, 6) is -0.0550. The van der Waals surface area contributed by atoms with E-state index in [4.69, 9.17) is 5.73 Å². The number of rotatable bonds is 3. The van der Waals surface area contributed by atoms with Gasteiger partial charge in [0.15, 0.2) is 0 Å². The standard InChI is InChI=1S/C6H12N2O2/c1-3-8(6(7)10)4-5(2)9/h3-4H2,1-2H3,(H2,7,10). The number of ketones is 1. The monoisotopic (exact) mass is 144 g/mol. The largest absolute Gasteiger partial charge is 0.351 e. The van der Waals surface area contributed by atoms with E-state index in [0.29, 0.717) is 6.54 Å². The number of nitrogens with zero attached hydrogens (tertiary/aromatic N) is 1. The Morgan fingerprint density at radius 1 is 1.50 bits per heavy atom. The third kappa shape index (κ3) is 3.06. The Hall–Kier alpha value is -1.06. The zero-order valence-corrected chi connectivity index (χ0v) is 6.26. The lowest BCUT2D eigenvalue weighted by atomic mass is 10.4. The summed E-state index contributed by atoms with van der Waals surface area (Å²) in [6, 6.07) is -0.544. The quantitative estimate of drug-likeness (QED) is 0.604. The van der Waals surface area contributed by atoms with E-state index in [1.165, 1.54) is 11.8 Å². The number of hydrogen-bond acceptors (Lipinski definition) is 2. The lowest BCUT2D eigenvalue weighted by molar-refractivity contribution is -0.117. The van der Waals surface area contributed by atoms with Crippen LogP contribution < -0.4 is 5.73 Å². The van der Waals surface area contributed by atoms with Crippen LogP contribution >= 0.6 is 0 Å². The smallest absolute Gasteiger partial charge is 0.315 e. The van der Waals surface area contributed by atoms with Crippen LogP contribution in [0.1, 0.15) is 13.8 Å². The Labute approximate surface area is 60.0 Å². The van der Waals surface area contributed by atoms with Gasteiger partial charge in [-0.3, -0.25) is 4.79 Å². The lowest BCUT2D eigenvalue weighted by Crippen LogP contribution is -2.38. The minimum atomic E-state index is -0.544. The molecule has 58 valence electrons. The van der Waals surface area contributed by atoms with Crippen LogP contribution in [0.4, 0.5) is 4.79 Å². The van der Waals surface area contributed by atoms with Gasteiger partial charge in [-0.15, -0.1) is 0 Å².